The molecule has 0 bridgehead atoms. The molecule has 126 valence electrons. The van der Waals surface area contributed by atoms with Crippen molar-refractivity contribution in [1.82, 2.24) is 20.8 Å². The molecule has 2 aromatic rings. The highest BCUT2D eigenvalue weighted by atomic mass is 16.5. The average molecular weight is 328 g/mol. The summed E-state index contributed by atoms with van der Waals surface area (Å²) in [5.41, 5.74) is 2.08. The average Bonchev–Trinajstić information content (AvgIpc) is 3.04. The number of nitrogens with one attached hydrogen (secondary N) is 2. The van der Waals surface area contributed by atoms with Crippen molar-refractivity contribution >= 4 is 11.8 Å². The van der Waals surface area contributed by atoms with E-state index in [0.717, 1.165) is 17.5 Å². The lowest BCUT2D eigenvalue weighted by Crippen LogP contribution is -2.33. The molecule has 1 unspecified atom stereocenters. The van der Waals surface area contributed by atoms with Crippen molar-refractivity contribution in [2.24, 2.45) is 0 Å². The van der Waals surface area contributed by atoms with Crippen LogP contribution in [0.2, 0.25) is 0 Å². The maximum Gasteiger partial charge on any atom is 0.246 e. The van der Waals surface area contributed by atoms with E-state index in [1.165, 1.54) is 0 Å². The number of carbonyl (C=O) groups excluding carboxylic acids is 2. The summed E-state index contributed by atoms with van der Waals surface area (Å²) in [5.74, 6) is 0.784. The van der Waals surface area contributed by atoms with E-state index in [1.807, 2.05) is 31.2 Å². The zero-order valence-corrected chi connectivity index (χ0v) is 13.5. The van der Waals surface area contributed by atoms with Gasteiger partial charge in [-0.1, -0.05) is 29.4 Å². The standard InChI is InChI=1S/C17H20N4O3/c1-11-4-2-3-5-12(11)8-15(23)19-10-16-20-17(21-24-16)13-6-7-18-14(22)9-13/h2-5,13H,6-10H2,1H3,(H,18,22)(H,19,23). The van der Waals surface area contributed by atoms with Crippen LogP contribution in [0.25, 0.3) is 0 Å². The molecule has 0 radical (unpaired) electrons. The summed E-state index contributed by atoms with van der Waals surface area (Å²) in [6, 6.07) is 7.78. The Bertz CT molecular complexity index is 741. The lowest BCUT2D eigenvalue weighted by Gasteiger charge is -2.18. The van der Waals surface area contributed by atoms with Gasteiger partial charge < -0.3 is 15.2 Å². The zero-order chi connectivity index (χ0) is 16.9. The molecule has 1 aromatic heterocycles. The number of hydrogen-bond acceptors (Lipinski definition) is 5. The Hall–Kier alpha value is -2.70. The second kappa shape index (κ2) is 7.25. The number of nitrogens with zero attached hydrogens (tertiary/aromatic N) is 2. The smallest absolute Gasteiger partial charge is 0.246 e. The molecule has 0 aliphatic carbocycles. The Morgan fingerprint density at radius 1 is 1.42 bits per heavy atom. The Balaban J connectivity index is 1.53. The van der Waals surface area contributed by atoms with Crippen molar-refractivity contribution in [1.29, 1.82) is 0 Å². The highest BCUT2D eigenvalue weighted by molar-refractivity contribution is 5.78. The lowest BCUT2D eigenvalue weighted by molar-refractivity contribution is -0.123. The van der Waals surface area contributed by atoms with Gasteiger partial charge in [-0.25, -0.2) is 0 Å². The zero-order valence-electron chi connectivity index (χ0n) is 13.5. The van der Waals surface area contributed by atoms with Crippen LogP contribution in [0.3, 0.4) is 0 Å². The van der Waals surface area contributed by atoms with Gasteiger partial charge in [-0.05, 0) is 24.5 Å². The molecule has 3 rings (SSSR count). The minimum Gasteiger partial charge on any atom is -0.356 e. The minimum absolute atomic E-state index is 0.00383. The summed E-state index contributed by atoms with van der Waals surface area (Å²) in [7, 11) is 0. The number of hydrogen-bond donors (Lipinski definition) is 2. The summed E-state index contributed by atoms with van der Waals surface area (Å²) >= 11 is 0. The summed E-state index contributed by atoms with van der Waals surface area (Å²) in [6.07, 6.45) is 1.49. The molecule has 2 heterocycles. The van der Waals surface area contributed by atoms with Gasteiger partial charge in [-0.15, -0.1) is 0 Å². The van der Waals surface area contributed by atoms with Gasteiger partial charge >= 0.3 is 0 Å². The van der Waals surface area contributed by atoms with Crippen LogP contribution in [0.5, 0.6) is 0 Å². The van der Waals surface area contributed by atoms with Gasteiger partial charge in [0.15, 0.2) is 5.82 Å². The second-order valence-corrected chi connectivity index (χ2v) is 5.97. The Morgan fingerprint density at radius 2 is 2.25 bits per heavy atom. The van der Waals surface area contributed by atoms with Crippen LogP contribution < -0.4 is 10.6 Å². The molecule has 1 aliphatic rings. The largest absolute Gasteiger partial charge is 0.356 e. The third-order valence-electron chi connectivity index (χ3n) is 4.14. The fraction of sp³-hybridized carbons (Fsp3) is 0.412. The van der Waals surface area contributed by atoms with Crippen LogP contribution >= 0.6 is 0 Å². The first-order valence-corrected chi connectivity index (χ1v) is 8.02. The molecule has 0 saturated carbocycles. The highest BCUT2D eigenvalue weighted by Crippen LogP contribution is 2.22. The molecule has 1 aliphatic heterocycles. The molecule has 2 N–H and O–H groups in total. The third-order valence-corrected chi connectivity index (χ3v) is 4.14. The van der Waals surface area contributed by atoms with E-state index in [9.17, 15) is 9.59 Å². The van der Waals surface area contributed by atoms with E-state index < -0.39 is 0 Å². The van der Waals surface area contributed by atoms with Crippen molar-refractivity contribution in [2.45, 2.75) is 38.6 Å². The fourth-order valence-electron chi connectivity index (χ4n) is 2.73. The van der Waals surface area contributed by atoms with Crippen LogP contribution in [0.1, 0.15) is 41.6 Å². The molecular formula is C17H20N4O3. The summed E-state index contributed by atoms with van der Waals surface area (Å²) in [5, 5.41) is 9.49. The summed E-state index contributed by atoms with van der Waals surface area (Å²) in [4.78, 5) is 27.7. The third kappa shape index (κ3) is 3.98. The number of amides is 2. The van der Waals surface area contributed by atoms with Gasteiger partial charge in [0.2, 0.25) is 17.7 Å². The van der Waals surface area contributed by atoms with Gasteiger partial charge in [0.05, 0.1) is 13.0 Å². The van der Waals surface area contributed by atoms with Crippen molar-refractivity contribution in [2.75, 3.05) is 6.54 Å². The molecule has 2 amide bonds. The van der Waals surface area contributed by atoms with Gasteiger partial charge in [-0.2, -0.15) is 4.98 Å². The van der Waals surface area contributed by atoms with E-state index in [2.05, 4.69) is 20.8 Å². The van der Waals surface area contributed by atoms with Crippen LogP contribution in [-0.2, 0) is 22.6 Å². The summed E-state index contributed by atoms with van der Waals surface area (Å²) in [6.45, 7) is 2.80. The van der Waals surface area contributed by atoms with Crippen LogP contribution in [0.4, 0.5) is 0 Å². The maximum absolute atomic E-state index is 12.0. The second-order valence-electron chi connectivity index (χ2n) is 5.97. The minimum atomic E-state index is -0.0962. The number of rotatable bonds is 5. The molecular weight excluding hydrogens is 308 g/mol. The predicted octanol–water partition coefficient (Wildman–Crippen LogP) is 1.23. The van der Waals surface area contributed by atoms with Crippen molar-refractivity contribution in [3.05, 3.63) is 47.1 Å². The van der Waals surface area contributed by atoms with Crippen LogP contribution in [0.15, 0.2) is 28.8 Å². The van der Waals surface area contributed by atoms with Gasteiger partial charge in [0.1, 0.15) is 0 Å². The molecule has 7 nitrogen and oxygen atoms in total. The molecule has 0 spiro atoms. The lowest BCUT2D eigenvalue weighted by atomic mass is 9.97. The van der Waals surface area contributed by atoms with Gasteiger partial charge in [0, 0.05) is 18.9 Å². The van der Waals surface area contributed by atoms with Crippen LogP contribution in [0, 0.1) is 6.92 Å². The number of aryl methyl sites for hydroxylation is 1. The Labute approximate surface area is 139 Å². The molecule has 1 atom stereocenters. The van der Waals surface area contributed by atoms with Crippen molar-refractivity contribution in [3.8, 4) is 0 Å². The normalized spacial score (nSPS) is 17.4. The number of carbonyl (C=O) groups is 2. The quantitative estimate of drug-likeness (QED) is 0.860. The summed E-state index contributed by atoms with van der Waals surface area (Å²) < 4.78 is 5.17. The molecule has 7 heteroatoms. The number of aromatic nitrogens is 2. The van der Waals surface area contributed by atoms with Gasteiger partial charge in [-0.3, -0.25) is 9.59 Å². The number of benzene rings is 1. The Kier molecular flexibility index (Phi) is 4.88. The highest BCUT2D eigenvalue weighted by Gasteiger charge is 2.25. The first-order valence-electron chi connectivity index (χ1n) is 8.02. The van der Waals surface area contributed by atoms with Gasteiger partial charge in [0.25, 0.3) is 0 Å². The van der Waals surface area contributed by atoms with E-state index in [4.69, 9.17) is 4.52 Å². The molecule has 1 aromatic carbocycles. The van der Waals surface area contributed by atoms with E-state index in [0.29, 0.717) is 31.1 Å². The SMILES string of the molecule is Cc1ccccc1CC(=O)NCc1nc(C2CCNC(=O)C2)no1. The number of piperidine rings is 1. The van der Waals surface area contributed by atoms with Crippen molar-refractivity contribution < 1.29 is 14.1 Å². The topological polar surface area (TPSA) is 97.1 Å². The predicted molar refractivity (Wildman–Crippen MR) is 86.0 cm³/mol. The molecule has 1 saturated heterocycles. The van der Waals surface area contributed by atoms with Crippen molar-refractivity contribution in [3.63, 3.8) is 0 Å². The first kappa shape index (κ1) is 16.2. The molecule has 1 fully saturated rings. The maximum atomic E-state index is 12.0. The Morgan fingerprint density at radius 3 is 3.04 bits per heavy atom. The monoisotopic (exact) mass is 328 g/mol. The fourth-order valence-corrected chi connectivity index (χ4v) is 2.73. The van der Waals surface area contributed by atoms with Crippen LogP contribution in [-0.4, -0.2) is 28.5 Å². The molecule has 24 heavy (non-hydrogen) atoms. The first-order chi connectivity index (χ1) is 11.6. The van der Waals surface area contributed by atoms with E-state index in [-0.39, 0.29) is 24.3 Å². The van der Waals surface area contributed by atoms with E-state index >= 15 is 0 Å². The van der Waals surface area contributed by atoms with E-state index in [1.54, 1.807) is 0 Å².